The highest BCUT2D eigenvalue weighted by Crippen LogP contribution is 2.28. The minimum atomic E-state index is -3.43. The molecule has 2 saturated heterocycles. The molecule has 2 aliphatic heterocycles. The van der Waals surface area contributed by atoms with Gasteiger partial charge in [0.1, 0.15) is 5.69 Å². The summed E-state index contributed by atoms with van der Waals surface area (Å²) in [7, 11) is -3.43. The SMILES string of the molecule is CS(=O)(=O)c1ccc(C(=O)N2CCN(c3cnn(-c4ccccc4)c(=O)c3N3CCOCC3)CC2)c(Cl)c1. The highest BCUT2D eigenvalue weighted by atomic mass is 35.5. The van der Waals surface area contributed by atoms with Gasteiger partial charge in [0.25, 0.3) is 11.5 Å². The summed E-state index contributed by atoms with van der Waals surface area (Å²) in [5, 5.41) is 4.58. The molecule has 0 bridgehead atoms. The number of para-hydroxylation sites is 1. The van der Waals surface area contributed by atoms with Crippen molar-refractivity contribution < 1.29 is 17.9 Å². The van der Waals surface area contributed by atoms with E-state index < -0.39 is 9.84 Å². The van der Waals surface area contributed by atoms with Crippen molar-refractivity contribution in [2.75, 3.05) is 68.5 Å². The summed E-state index contributed by atoms with van der Waals surface area (Å²) in [6, 6.07) is 13.5. The lowest BCUT2D eigenvalue weighted by Crippen LogP contribution is -2.50. The van der Waals surface area contributed by atoms with Gasteiger partial charge in [0.2, 0.25) is 0 Å². The number of nitrogens with zero attached hydrogens (tertiary/aromatic N) is 5. The van der Waals surface area contributed by atoms with Gasteiger partial charge in [-0.25, -0.2) is 8.42 Å². The molecular formula is C26H28ClN5O5S. The number of hydrogen-bond donors (Lipinski definition) is 0. The van der Waals surface area contributed by atoms with Gasteiger partial charge in [-0.2, -0.15) is 9.78 Å². The zero-order valence-electron chi connectivity index (χ0n) is 20.9. The molecule has 2 aromatic carbocycles. The van der Waals surface area contributed by atoms with Crippen LogP contribution in [0.25, 0.3) is 5.69 Å². The molecule has 0 aliphatic carbocycles. The molecule has 1 amide bonds. The Morgan fingerprint density at radius 1 is 0.947 bits per heavy atom. The Balaban J connectivity index is 1.39. The van der Waals surface area contributed by atoms with Gasteiger partial charge in [-0.15, -0.1) is 0 Å². The van der Waals surface area contributed by atoms with Crippen LogP contribution in [0, 0.1) is 0 Å². The molecule has 0 N–H and O–H groups in total. The van der Waals surface area contributed by atoms with E-state index in [1.54, 1.807) is 11.1 Å². The summed E-state index contributed by atoms with van der Waals surface area (Å²) in [6.07, 6.45) is 2.81. The van der Waals surface area contributed by atoms with Gasteiger partial charge >= 0.3 is 0 Å². The van der Waals surface area contributed by atoms with Gasteiger partial charge in [0, 0.05) is 45.5 Å². The quantitative estimate of drug-likeness (QED) is 0.470. The molecule has 3 heterocycles. The average molecular weight is 558 g/mol. The normalized spacial score (nSPS) is 16.5. The van der Waals surface area contributed by atoms with Gasteiger partial charge in [-0.1, -0.05) is 29.8 Å². The molecule has 12 heteroatoms. The average Bonchev–Trinajstić information content (AvgIpc) is 2.93. The number of sulfone groups is 1. The Bertz CT molecular complexity index is 1500. The van der Waals surface area contributed by atoms with Crippen LogP contribution in [0.5, 0.6) is 0 Å². The van der Waals surface area contributed by atoms with Crippen LogP contribution < -0.4 is 15.4 Å². The second kappa shape index (κ2) is 10.8. The number of halogens is 1. The molecule has 10 nitrogen and oxygen atoms in total. The third-order valence-electron chi connectivity index (χ3n) is 6.77. The molecule has 0 saturated carbocycles. The van der Waals surface area contributed by atoms with Crippen LogP contribution in [-0.4, -0.2) is 87.7 Å². The van der Waals surface area contributed by atoms with Crippen LogP contribution in [-0.2, 0) is 14.6 Å². The maximum absolute atomic E-state index is 13.7. The summed E-state index contributed by atoms with van der Waals surface area (Å²) in [5.74, 6) is -0.263. The lowest BCUT2D eigenvalue weighted by Gasteiger charge is -2.38. The fourth-order valence-corrected chi connectivity index (χ4v) is 5.70. The molecule has 0 spiro atoms. The largest absolute Gasteiger partial charge is 0.378 e. The number of rotatable bonds is 5. The Morgan fingerprint density at radius 2 is 1.63 bits per heavy atom. The highest BCUT2D eigenvalue weighted by molar-refractivity contribution is 7.90. The van der Waals surface area contributed by atoms with E-state index in [4.69, 9.17) is 16.3 Å². The van der Waals surface area contributed by atoms with Crippen LogP contribution in [0.1, 0.15) is 10.4 Å². The zero-order valence-corrected chi connectivity index (χ0v) is 22.5. The maximum Gasteiger partial charge on any atom is 0.297 e. The van der Waals surface area contributed by atoms with Gasteiger partial charge in [0.05, 0.1) is 46.3 Å². The van der Waals surface area contributed by atoms with E-state index in [2.05, 4.69) is 10.00 Å². The fraction of sp³-hybridized carbons (Fsp3) is 0.346. The number of amides is 1. The first-order valence-corrected chi connectivity index (χ1v) is 14.6. The van der Waals surface area contributed by atoms with Crippen LogP contribution in [0.4, 0.5) is 11.4 Å². The van der Waals surface area contributed by atoms with Gasteiger partial charge < -0.3 is 19.4 Å². The molecule has 0 atom stereocenters. The first-order valence-electron chi connectivity index (χ1n) is 12.3. The molecule has 38 heavy (non-hydrogen) atoms. The molecule has 0 radical (unpaired) electrons. The lowest BCUT2D eigenvalue weighted by atomic mass is 10.1. The Hall–Kier alpha value is -3.41. The number of anilines is 2. The van der Waals surface area contributed by atoms with Crippen molar-refractivity contribution in [1.29, 1.82) is 0 Å². The van der Waals surface area contributed by atoms with Crippen molar-refractivity contribution in [3.8, 4) is 5.69 Å². The number of benzene rings is 2. The third kappa shape index (κ3) is 5.27. The van der Waals surface area contributed by atoms with Crippen molar-refractivity contribution in [2.45, 2.75) is 4.90 Å². The zero-order chi connectivity index (χ0) is 26.9. The van der Waals surface area contributed by atoms with Gasteiger partial charge in [-0.3, -0.25) is 9.59 Å². The van der Waals surface area contributed by atoms with Gasteiger partial charge in [-0.05, 0) is 30.3 Å². The van der Waals surface area contributed by atoms with Gasteiger partial charge in [0.15, 0.2) is 9.84 Å². The minimum Gasteiger partial charge on any atom is -0.378 e. The van der Waals surface area contributed by atoms with Crippen LogP contribution >= 0.6 is 11.6 Å². The summed E-state index contributed by atoms with van der Waals surface area (Å²) in [4.78, 5) is 32.7. The van der Waals surface area contributed by atoms with Crippen molar-refractivity contribution in [2.24, 2.45) is 0 Å². The first kappa shape index (κ1) is 26.2. The predicted molar refractivity (Wildman–Crippen MR) is 146 cm³/mol. The standard InChI is InChI=1S/C26H28ClN5O5S/c1-38(35,36)20-7-8-21(22(27)17-20)25(33)31-11-9-29(10-12-31)23-18-28-32(19-5-3-2-4-6-19)26(34)24(23)30-13-15-37-16-14-30/h2-8,17-18H,9-16H2,1H3. The van der Waals surface area contributed by atoms with Crippen LogP contribution in [0.15, 0.2) is 64.4 Å². The Kier molecular flexibility index (Phi) is 7.42. The number of morpholine rings is 1. The number of piperazine rings is 1. The molecule has 1 aromatic heterocycles. The van der Waals surface area contributed by atoms with Crippen molar-refractivity contribution in [3.63, 3.8) is 0 Å². The van der Waals surface area contributed by atoms with Crippen molar-refractivity contribution >= 4 is 38.7 Å². The third-order valence-corrected chi connectivity index (χ3v) is 8.19. The van der Waals surface area contributed by atoms with E-state index in [0.29, 0.717) is 63.9 Å². The molecule has 2 aliphatic rings. The highest BCUT2D eigenvalue weighted by Gasteiger charge is 2.29. The predicted octanol–water partition coefficient (Wildman–Crippen LogP) is 2.09. The topological polar surface area (TPSA) is 105 Å². The Labute approximate surface area is 225 Å². The first-order chi connectivity index (χ1) is 18.2. The van der Waals surface area contributed by atoms with Crippen molar-refractivity contribution in [1.82, 2.24) is 14.7 Å². The second-order valence-electron chi connectivity index (χ2n) is 9.22. The molecule has 200 valence electrons. The molecule has 2 fully saturated rings. The molecule has 3 aromatic rings. The fourth-order valence-electron chi connectivity index (χ4n) is 4.73. The van der Waals surface area contributed by atoms with Crippen LogP contribution in [0.2, 0.25) is 5.02 Å². The number of aromatic nitrogens is 2. The van der Waals surface area contributed by atoms with E-state index in [0.717, 1.165) is 11.9 Å². The number of hydrogen-bond acceptors (Lipinski definition) is 8. The second-order valence-corrected chi connectivity index (χ2v) is 11.6. The smallest absolute Gasteiger partial charge is 0.297 e. The van der Waals surface area contributed by atoms with E-state index >= 15 is 0 Å². The lowest BCUT2D eigenvalue weighted by molar-refractivity contribution is 0.0746. The molecule has 5 rings (SSSR count). The number of carbonyl (C=O) groups excluding carboxylic acids is 1. The van der Waals surface area contributed by atoms with Crippen LogP contribution in [0.3, 0.4) is 0 Å². The number of carbonyl (C=O) groups is 1. The van der Waals surface area contributed by atoms with E-state index in [1.165, 1.54) is 22.9 Å². The van der Waals surface area contributed by atoms with E-state index in [1.807, 2.05) is 35.2 Å². The monoisotopic (exact) mass is 557 g/mol. The van der Waals surface area contributed by atoms with Crippen molar-refractivity contribution in [3.05, 3.63) is 75.7 Å². The molecular weight excluding hydrogens is 530 g/mol. The maximum atomic E-state index is 13.7. The summed E-state index contributed by atoms with van der Waals surface area (Å²) in [6.45, 7) is 4.09. The van der Waals surface area contributed by atoms with E-state index in [9.17, 15) is 18.0 Å². The molecule has 0 unspecified atom stereocenters. The number of ether oxygens (including phenoxy) is 1. The summed E-state index contributed by atoms with van der Waals surface area (Å²) < 4.78 is 30.5. The Morgan fingerprint density at radius 3 is 2.26 bits per heavy atom. The summed E-state index contributed by atoms with van der Waals surface area (Å²) >= 11 is 6.28. The summed E-state index contributed by atoms with van der Waals surface area (Å²) in [5.41, 5.74) is 2.05. The minimum absolute atomic E-state index is 0.0669. The van der Waals surface area contributed by atoms with E-state index in [-0.39, 0.29) is 26.9 Å².